The summed E-state index contributed by atoms with van der Waals surface area (Å²) in [6.07, 6.45) is 0. The minimum absolute atomic E-state index is 0.410. The van der Waals surface area contributed by atoms with Crippen LogP contribution in [0.1, 0.15) is 18.1 Å². The third-order valence-electron chi connectivity index (χ3n) is 1.92. The van der Waals surface area contributed by atoms with Gasteiger partial charge in [-0.05, 0) is 19.5 Å². The van der Waals surface area contributed by atoms with Crippen LogP contribution in [-0.4, -0.2) is 19.5 Å². The quantitative estimate of drug-likeness (QED) is 0.431. The topological polar surface area (TPSA) is 59.6 Å². The number of oxime groups is 1. The van der Waals surface area contributed by atoms with Crippen molar-refractivity contribution in [3.8, 4) is 0 Å². The van der Waals surface area contributed by atoms with Crippen LogP contribution in [-0.2, 0) is 11.4 Å². The van der Waals surface area contributed by atoms with E-state index in [0.29, 0.717) is 12.4 Å². The normalized spacial score (nSPS) is 11.5. The van der Waals surface area contributed by atoms with E-state index >= 15 is 0 Å². The molecule has 1 rings (SSSR count). The van der Waals surface area contributed by atoms with Crippen LogP contribution in [0.15, 0.2) is 29.4 Å². The molecule has 0 aliphatic heterocycles. The van der Waals surface area contributed by atoms with Gasteiger partial charge in [-0.25, -0.2) is 0 Å². The summed E-state index contributed by atoms with van der Waals surface area (Å²) in [6.45, 7) is 3.24. The molecule has 0 saturated heterocycles. The van der Waals surface area contributed by atoms with E-state index in [1.54, 1.807) is 0 Å². The third-order valence-corrected chi connectivity index (χ3v) is 1.92. The molecule has 0 amide bonds. The zero-order valence-electron chi connectivity index (χ0n) is 9.16. The maximum Gasteiger partial charge on any atom is 0.170 e. The van der Waals surface area contributed by atoms with E-state index in [9.17, 15) is 0 Å². The summed E-state index contributed by atoms with van der Waals surface area (Å²) in [4.78, 5) is 4.88. The Kier molecular flexibility index (Phi) is 4.63. The predicted molar refractivity (Wildman–Crippen MR) is 61.6 cm³/mol. The fourth-order valence-electron chi connectivity index (χ4n) is 1.18. The highest BCUT2D eigenvalue weighted by molar-refractivity contribution is 5.97. The van der Waals surface area contributed by atoms with Crippen molar-refractivity contribution in [2.45, 2.75) is 13.5 Å². The van der Waals surface area contributed by atoms with Crippen molar-refractivity contribution in [1.82, 2.24) is 5.32 Å². The molecule has 1 aromatic rings. The second-order valence-corrected chi connectivity index (χ2v) is 3.12. The van der Waals surface area contributed by atoms with Gasteiger partial charge in [-0.3, -0.25) is 0 Å². The van der Waals surface area contributed by atoms with Gasteiger partial charge in [0.25, 0.3) is 0 Å². The van der Waals surface area contributed by atoms with Crippen LogP contribution in [0.3, 0.4) is 0 Å². The molecule has 82 valence electrons. The molecule has 0 atom stereocenters. The average Bonchev–Trinajstić information content (AvgIpc) is 2.27. The number of hydrogen-bond acceptors (Lipinski definition) is 3. The van der Waals surface area contributed by atoms with E-state index in [4.69, 9.17) is 10.6 Å². The number of nitrogens with zero attached hydrogens (tertiary/aromatic N) is 1. The molecule has 0 radical (unpaired) electrons. The lowest BCUT2D eigenvalue weighted by atomic mass is 10.1. The minimum atomic E-state index is 0.410. The van der Waals surface area contributed by atoms with E-state index in [1.807, 2.05) is 38.2 Å². The van der Waals surface area contributed by atoms with Crippen molar-refractivity contribution in [2.24, 2.45) is 10.9 Å². The molecule has 0 unspecified atom stereocenters. The zero-order chi connectivity index (χ0) is 11.1. The Morgan fingerprint density at radius 2 is 2.07 bits per heavy atom. The SMILES string of the molecule is CCO/N=C(\N)c1ccc(CNC)cc1. The first-order valence-corrected chi connectivity index (χ1v) is 4.97. The molecule has 0 heterocycles. The van der Waals surface area contributed by atoms with Gasteiger partial charge < -0.3 is 15.9 Å². The number of hydrogen-bond donors (Lipinski definition) is 2. The first-order chi connectivity index (χ1) is 7.27. The van der Waals surface area contributed by atoms with Gasteiger partial charge in [0.15, 0.2) is 5.84 Å². The molecule has 1 aromatic carbocycles. The number of nitrogens with one attached hydrogen (secondary N) is 1. The lowest BCUT2D eigenvalue weighted by molar-refractivity contribution is 0.158. The zero-order valence-corrected chi connectivity index (χ0v) is 9.16. The Labute approximate surface area is 90.1 Å². The Bertz CT molecular complexity index is 319. The Morgan fingerprint density at radius 1 is 1.40 bits per heavy atom. The fraction of sp³-hybridized carbons (Fsp3) is 0.364. The lowest BCUT2D eigenvalue weighted by Gasteiger charge is -2.03. The van der Waals surface area contributed by atoms with Gasteiger partial charge >= 0.3 is 0 Å². The van der Waals surface area contributed by atoms with Gasteiger partial charge in [0, 0.05) is 12.1 Å². The molecule has 0 saturated carbocycles. The van der Waals surface area contributed by atoms with Gasteiger partial charge in [-0.2, -0.15) is 0 Å². The summed E-state index contributed by atoms with van der Waals surface area (Å²) in [6, 6.07) is 7.90. The van der Waals surface area contributed by atoms with Crippen LogP contribution in [0.25, 0.3) is 0 Å². The standard InChI is InChI=1S/C11H17N3O/c1-3-15-14-11(12)10-6-4-9(5-7-10)8-13-2/h4-7,13H,3,8H2,1-2H3,(H2,12,14). The van der Waals surface area contributed by atoms with E-state index < -0.39 is 0 Å². The van der Waals surface area contributed by atoms with Gasteiger partial charge in [-0.1, -0.05) is 29.4 Å². The van der Waals surface area contributed by atoms with Crippen LogP contribution in [0.5, 0.6) is 0 Å². The van der Waals surface area contributed by atoms with Crippen molar-refractivity contribution >= 4 is 5.84 Å². The van der Waals surface area contributed by atoms with Crippen LogP contribution in [0.4, 0.5) is 0 Å². The van der Waals surface area contributed by atoms with Crippen molar-refractivity contribution in [3.05, 3.63) is 35.4 Å². The molecule has 0 aliphatic carbocycles. The molecule has 4 heteroatoms. The van der Waals surface area contributed by atoms with Crippen LogP contribution in [0, 0.1) is 0 Å². The molecule has 0 aliphatic rings. The summed E-state index contributed by atoms with van der Waals surface area (Å²) >= 11 is 0. The summed E-state index contributed by atoms with van der Waals surface area (Å²) < 4.78 is 0. The summed E-state index contributed by atoms with van der Waals surface area (Å²) in [5, 5.41) is 6.85. The summed E-state index contributed by atoms with van der Waals surface area (Å²) in [7, 11) is 1.92. The van der Waals surface area contributed by atoms with Crippen molar-refractivity contribution in [1.29, 1.82) is 0 Å². The Hall–Kier alpha value is -1.55. The van der Waals surface area contributed by atoms with Gasteiger partial charge in [0.05, 0.1) is 0 Å². The molecular weight excluding hydrogens is 190 g/mol. The smallest absolute Gasteiger partial charge is 0.170 e. The van der Waals surface area contributed by atoms with Crippen molar-refractivity contribution in [3.63, 3.8) is 0 Å². The van der Waals surface area contributed by atoms with Crippen LogP contribution < -0.4 is 11.1 Å². The first kappa shape index (κ1) is 11.5. The van der Waals surface area contributed by atoms with E-state index in [2.05, 4.69) is 10.5 Å². The van der Waals surface area contributed by atoms with Gasteiger partial charge in [0.2, 0.25) is 0 Å². The van der Waals surface area contributed by atoms with Gasteiger partial charge in [0.1, 0.15) is 6.61 Å². The molecule has 0 aromatic heterocycles. The van der Waals surface area contributed by atoms with Gasteiger partial charge in [-0.15, -0.1) is 0 Å². The number of nitrogens with two attached hydrogens (primary N) is 1. The molecule has 0 fully saturated rings. The number of amidine groups is 1. The molecule has 4 nitrogen and oxygen atoms in total. The second kappa shape index (κ2) is 6.03. The summed E-state index contributed by atoms with van der Waals surface area (Å²) in [5.41, 5.74) is 7.81. The molecular formula is C11H17N3O. The molecule has 15 heavy (non-hydrogen) atoms. The third kappa shape index (κ3) is 3.59. The average molecular weight is 207 g/mol. The van der Waals surface area contributed by atoms with E-state index in [0.717, 1.165) is 12.1 Å². The van der Waals surface area contributed by atoms with Crippen LogP contribution in [0.2, 0.25) is 0 Å². The highest BCUT2D eigenvalue weighted by atomic mass is 16.6. The molecule has 3 N–H and O–H groups in total. The van der Waals surface area contributed by atoms with Crippen molar-refractivity contribution < 1.29 is 4.84 Å². The van der Waals surface area contributed by atoms with Crippen molar-refractivity contribution in [2.75, 3.05) is 13.7 Å². The highest BCUT2D eigenvalue weighted by Gasteiger charge is 1.98. The number of rotatable bonds is 5. The monoisotopic (exact) mass is 207 g/mol. The first-order valence-electron chi connectivity index (χ1n) is 4.97. The van der Waals surface area contributed by atoms with E-state index in [-0.39, 0.29) is 0 Å². The van der Waals surface area contributed by atoms with E-state index in [1.165, 1.54) is 5.56 Å². The second-order valence-electron chi connectivity index (χ2n) is 3.12. The Morgan fingerprint density at radius 3 is 2.60 bits per heavy atom. The largest absolute Gasteiger partial charge is 0.394 e. The minimum Gasteiger partial charge on any atom is -0.394 e. The number of benzene rings is 1. The summed E-state index contributed by atoms with van der Waals surface area (Å²) in [5.74, 6) is 0.410. The maximum absolute atomic E-state index is 5.71. The molecule has 0 spiro atoms. The maximum atomic E-state index is 5.71. The predicted octanol–water partition coefficient (Wildman–Crippen LogP) is 1.06. The van der Waals surface area contributed by atoms with Crippen LogP contribution >= 0.6 is 0 Å². The Balaban J connectivity index is 2.70. The lowest BCUT2D eigenvalue weighted by Crippen LogP contribution is -2.14. The highest BCUT2D eigenvalue weighted by Crippen LogP contribution is 2.04. The fourth-order valence-corrected chi connectivity index (χ4v) is 1.18. The molecule has 0 bridgehead atoms.